The molecular weight excluding hydrogens is 142 g/mol. The molecule has 0 aliphatic carbocycles. The van der Waals surface area contributed by atoms with Crippen LogP contribution in [0, 0.1) is 5.92 Å². The second-order valence-electron chi connectivity index (χ2n) is 3.10. The number of rotatable bonds is 2. The minimum absolute atomic E-state index is 0.00602. The summed E-state index contributed by atoms with van der Waals surface area (Å²) in [5.41, 5.74) is 0. The summed E-state index contributed by atoms with van der Waals surface area (Å²) in [6.45, 7) is 3.36. The molecule has 1 aliphatic heterocycles. The van der Waals surface area contributed by atoms with Crippen LogP contribution in [0.3, 0.4) is 0 Å². The third-order valence-corrected chi connectivity index (χ3v) is 2.15. The quantitative estimate of drug-likeness (QED) is 0.590. The molecule has 0 aromatic carbocycles. The average molecular weight is 157 g/mol. The summed E-state index contributed by atoms with van der Waals surface area (Å²) in [5, 5.41) is 12.2. The third-order valence-electron chi connectivity index (χ3n) is 2.15. The Morgan fingerprint density at radius 2 is 2.09 bits per heavy atom. The number of carbonyl (C=O) groups excluding carboxylic acids is 1. The molecule has 11 heavy (non-hydrogen) atoms. The van der Waals surface area contributed by atoms with Crippen LogP contribution in [0.15, 0.2) is 0 Å². The summed E-state index contributed by atoms with van der Waals surface area (Å²) in [7, 11) is 0. The highest BCUT2D eigenvalue weighted by Gasteiger charge is 2.23. The van der Waals surface area contributed by atoms with Gasteiger partial charge in [-0.25, -0.2) is 0 Å². The van der Waals surface area contributed by atoms with Crippen LogP contribution in [0.25, 0.3) is 0 Å². The summed E-state index contributed by atoms with van der Waals surface area (Å²) >= 11 is 0. The molecule has 1 rings (SSSR count). The third kappa shape index (κ3) is 2.27. The summed E-state index contributed by atoms with van der Waals surface area (Å²) in [5.74, 6) is 0.0998. The van der Waals surface area contributed by atoms with Gasteiger partial charge in [-0.3, -0.25) is 4.79 Å². The topological polar surface area (TPSA) is 49.3 Å². The molecule has 0 bridgehead atoms. The number of hydrogen-bond donors (Lipinski definition) is 2. The zero-order valence-corrected chi connectivity index (χ0v) is 6.84. The van der Waals surface area contributed by atoms with Crippen molar-refractivity contribution in [3.05, 3.63) is 0 Å². The summed E-state index contributed by atoms with van der Waals surface area (Å²) in [4.78, 5) is 11.2. The minimum Gasteiger partial charge on any atom is -0.386 e. The molecule has 1 unspecified atom stereocenters. The van der Waals surface area contributed by atoms with Crippen molar-refractivity contribution < 1.29 is 9.90 Å². The Kier molecular flexibility index (Phi) is 3.02. The van der Waals surface area contributed by atoms with E-state index in [-0.39, 0.29) is 11.7 Å². The number of carbonyl (C=O) groups is 1. The number of aliphatic hydroxyl groups is 1. The van der Waals surface area contributed by atoms with Gasteiger partial charge in [0, 0.05) is 5.92 Å². The van der Waals surface area contributed by atoms with Crippen molar-refractivity contribution in [1.29, 1.82) is 0 Å². The van der Waals surface area contributed by atoms with E-state index in [2.05, 4.69) is 5.32 Å². The Balaban J connectivity index is 2.39. The highest BCUT2D eigenvalue weighted by molar-refractivity contribution is 5.84. The van der Waals surface area contributed by atoms with Crippen LogP contribution < -0.4 is 5.32 Å². The standard InChI is InChI=1S/C8H15NO2/c1-6(10)8(11)7-2-4-9-5-3-7/h6-7,9-10H,2-5H2,1H3. The predicted octanol–water partition coefficient (Wildman–Crippen LogP) is -0.0641. The maximum atomic E-state index is 11.2. The van der Waals surface area contributed by atoms with Gasteiger partial charge in [0.15, 0.2) is 5.78 Å². The van der Waals surface area contributed by atoms with Crippen LogP contribution in [-0.2, 0) is 4.79 Å². The Morgan fingerprint density at radius 3 is 2.55 bits per heavy atom. The number of Topliss-reactive ketones (excluding diaryl/α,β-unsaturated/α-hetero) is 1. The predicted molar refractivity (Wildman–Crippen MR) is 42.3 cm³/mol. The maximum absolute atomic E-state index is 11.2. The largest absolute Gasteiger partial charge is 0.386 e. The zero-order valence-electron chi connectivity index (χ0n) is 6.84. The lowest BCUT2D eigenvalue weighted by Gasteiger charge is -2.22. The normalized spacial score (nSPS) is 23.1. The van der Waals surface area contributed by atoms with Gasteiger partial charge in [-0.05, 0) is 32.9 Å². The van der Waals surface area contributed by atoms with Crippen molar-refractivity contribution in [2.75, 3.05) is 13.1 Å². The molecule has 0 radical (unpaired) electrons. The summed E-state index contributed by atoms with van der Waals surface area (Å²) in [6, 6.07) is 0. The monoisotopic (exact) mass is 157 g/mol. The Morgan fingerprint density at radius 1 is 1.55 bits per heavy atom. The molecule has 0 saturated carbocycles. The van der Waals surface area contributed by atoms with Gasteiger partial charge < -0.3 is 10.4 Å². The molecule has 64 valence electrons. The second kappa shape index (κ2) is 3.83. The molecule has 1 fully saturated rings. The van der Waals surface area contributed by atoms with Gasteiger partial charge in [0.05, 0.1) is 0 Å². The number of ketones is 1. The van der Waals surface area contributed by atoms with Crippen molar-refractivity contribution in [2.45, 2.75) is 25.9 Å². The zero-order chi connectivity index (χ0) is 8.27. The van der Waals surface area contributed by atoms with Crippen molar-refractivity contribution in [3.8, 4) is 0 Å². The fourth-order valence-electron chi connectivity index (χ4n) is 1.45. The lowest BCUT2D eigenvalue weighted by Crippen LogP contribution is -2.35. The van der Waals surface area contributed by atoms with E-state index in [9.17, 15) is 4.79 Å². The number of nitrogens with one attached hydrogen (secondary N) is 1. The van der Waals surface area contributed by atoms with E-state index in [4.69, 9.17) is 5.11 Å². The van der Waals surface area contributed by atoms with Crippen molar-refractivity contribution in [3.63, 3.8) is 0 Å². The maximum Gasteiger partial charge on any atom is 0.164 e. The Hall–Kier alpha value is -0.410. The van der Waals surface area contributed by atoms with E-state index in [0.29, 0.717) is 0 Å². The molecule has 1 heterocycles. The highest BCUT2D eigenvalue weighted by atomic mass is 16.3. The van der Waals surface area contributed by atoms with E-state index in [0.717, 1.165) is 25.9 Å². The van der Waals surface area contributed by atoms with Gasteiger partial charge in [0.1, 0.15) is 6.10 Å². The number of aliphatic hydroxyl groups excluding tert-OH is 1. The molecule has 1 saturated heterocycles. The van der Waals surface area contributed by atoms with Gasteiger partial charge in [0.25, 0.3) is 0 Å². The minimum atomic E-state index is -0.780. The van der Waals surface area contributed by atoms with Gasteiger partial charge in [-0.1, -0.05) is 0 Å². The molecule has 1 atom stereocenters. The van der Waals surface area contributed by atoms with Crippen LogP contribution in [0.2, 0.25) is 0 Å². The molecule has 0 spiro atoms. The molecule has 0 amide bonds. The highest BCUT2D eigenvalue weighted by Crippen LogP contribution is 2.14. The first kappa shape index (κ1) is 8.68. The lowest BCUT2D eigenvalue weighted by molar-refractivity contribution is -0.131. The fourth-order valence-corrected chi connectivity index (χ4v) is 1.45. The van der Waals surface area contributed by atoms with Crippen LogP contribution in [0.5, 0.6) is 0 Å². The first-order valence-electron chi connectivity index (χ1n) is 4.14. The lowest BCUT2D eigenvalue weighted by atomic mass is 9.91. The van der Waals surface area contributed by atoms with Gasteiger partial charge in [-0.15, -0.1) is 0 Å². The smallest absolute Gasteiger partial charge is 0.164 e. The Labute approximate surface area is 66.8 Å². The van der Waals surface area contributed by atoms with Crippen LogP contribution in [-0.4, -0.2) is 30.1 Å². The van der Waals surface area contributed by atoms with Crippen LogP contribution in [0.4, 0.5) is 0 Å². The molecule has 0 aromatic rings. The summed E-state index contributed by atoms with van der Waals surface area (Å²) < 4.78 is 0. The molecular formula is C8H15NO2. The molecule has 0 aromatic heterocycles. The van der Waals surface area contributed by atoms with E-state index >= 15 is 0 Å². The van der Waals surface area contributed by atoms with Crippen molar-refractivity contribution in [1.82, 2.24) is 5.32 Å². The van der Waals surface area contributed by atoms with Crippen molar-refractivity contribution in [2.24, 2.45) is 5.92 Å². The SMILES string of the molecule is CC(O)C(=O)C1CCNCC1. The van der Waals surface area contributed by atoms with Crippen LogP contribution >= 0.6 is 0 Å². The van der Waals surface area contributed by atoms with Gasteiger partial charge >= 0.3 is 0 Å². The first-order valence-corrected chi connectivity index (χ1v) is 4.14. The van der Waals surface area contributed by atoms with E-state index in [1.54, 1.807) is 6.92 Å². The van der Waals surface area contributed by atoms with Gasteiger partial charge in [0.2, 0.25) is 0 Å². The molecule has 1 aliphatic rings. The number of hydrogen-bond acceptors (Lipinski definition) is 3. The molecule has 3 nitrogen and oxygen atoms in total. The van der Waals surface area contributed by atoms with E-state index < -0.39 is 6.10 Å². The van der Waals surface area contributed by atoms with Crippen LogP contribution in [0.1, 0.15) is 19.8 Å². The van der Waals surface area contributed by atoms with Gasteiger partial charge in [-0.2, -0.15) is 0 Å². The Bertz CT molecular complexity index is 139. The van der Waals surface area contributed by atoms with Crippen molar-refractivity contribution >= 4 is 5.78 Å². The first-order chi connectivity index (χ1) is 5.22. The van der Waals surface area contributed by atoms with E-state index in [1.807, 2.05) is 0 Å². The molecule has 3 heteroatoms. The number of piperidine rings is 1. The second-order valence-corrected chi connectivity index (χ2v) is 3.10. The fraction of sp³-hybridized carbons (Fsp3) is 0.875. The molecule has 2 N–H and O–H groups in total. The average Bonchev–Trinajstić information content (AvgIpc) is 2.05. The van der Waals surface area contributed by atoms with E-state index in [1.165, 1.54) is 0 Å². The summed E-state index contributed by atoms with van der Waals surface area (Å²) in [6.07, 6.45) is 0.978.